The standard InChI is InChI=1S/C20H21BrN2O3S/c1-20(2,3)15-10-7-13(11-16(15)21)17(24)23-19(27)22-14-8-5-12(6-9-14)18(25)26-4/h5-11H,1-4H3,(H2,22,23,24,27). The molecule has 2 aromatic rings. The predicted molar refractivity (Wildman–Crippen MR) is 114 cm³/mol. The van der Waals surface area contributed by atoms with Gasteiger partial charge in [0.05, 0.1) is 12.7 Å². The first kappa shape index (κ1) is 21.1. The van der Waals surface area contributed by atoms with Gasteiger partial charge in [0.2, 0.25) is 0 Å². The Bertz CT molecular complexity index is 874. The first-order chi connectivity index (χ1) is 12.6. The number of carbonyl (C=O) groups excluding carboxylic acids is 2. The molecular weight excluding hydrogens is 428 g/mol. The summed E-state index contributed by atoms with van der Waals surface area (Å²) in [6, 6.07) is 12.1. The van der Waals surface area contributed by atoms with Gasteiger partial charge in [0.1, 0.15) is 0 Å². The van der Waals surface area contributed by atoms with Crippen molar-refractivity contribution in [2.45, 2.75) is 26.2 Å². The smallest absolute Gasteiger partial charge is 0.337 e. The quantitative estimate of drug-likeness (QED) is 0.527. The molecule has 0 radical (unpaired) electrons. The second kappa shape index (κ2) is 8.63. The molecule has 0 aliphatic rings. The molecule has 0 aromatic heterocycles. The molecular formula is C20H21BrN2O3S. The van der Waals surface area contributed by atoms with Crippen molar-refractivity contribution in [3.05, 3.63) is 63.6 Å². The number of ether oxygens (including phenoxy) is 1. The van der Waals surface area contributed by atoms with Gasteiger partial charge in [-0.3, -0.25) is 10.1 Å². The second-order valence-corrected chi connectivity index (χ2v) is 8.18. The third-order valence-electron chi connectivity index (χ3n) is 3.83. The summed E-state index contributed by atoms with van der Waals surface area (Å²) in [5.41, 5.74) is 2.67. The highest BCUT2D eigenvalue weighted by Gasteiger charge is 2.18. The van der Waals surface area contributed by atoms with Crippen molar-refractivity contribution in [2.24, 2.45) is 0 Å². The van der Waals surface area contributed by atoms with E-state index in [0.717, 1.165) is 10.0 Å². The highest BCUT2D eigenvalue weighted by molar-refractivity contribution is 9.10. The number of anilines is 1. The third kappa shape index (κ3) is 5.61. The van der Waals surface area contributed by atoms with E-state index in [9.17, 15) is 9.59 Å². The fourth-order valence-electron chi connectivity index (χ4n) is 2.41. The van der Waals surface area contributed by atoms with Gasteiger partial charge in [-0.1, -0.05) is 42.8 Å². The van der Waals surface area contributed by atoms with E-state index < -0.39 is 5.97 Å². The average molecular weight is 449 g/mol. The predicted octanol–water partition coefficient (Wildman–Crippen LogP) is 4.66. The van der Waals surface area contributed by atoms with Crippen LogP contribution in [0.4, 0.5) is 5.69 Å². The van der Waals surface area contributed by atoms with Crippen LogP contribution in [0, 0.1) is 0 Å². The molecule has 5 nitrogen and oxygen atoms in total. The van der Waals surface area contributed by atoms with Crippen molar-refractivity contribution in [1.82, 2.24) is 5.32 Å². The van der Waals surface area contributed by atoms with Gasteiger partial charge in [0, 0.05) is 15.7 Å². The molecule has 0 spiro atoms. The largest absolute Gasteiger partial charge is 0.465 e. The van der Waals surface area contributed by atoms with Gasteiger partial charge in [0.25, 0.3) is 5.91 Å². The summed E-state index contributed by atoms with van der Waals surface area (Å²) in [5.74, 6) is -0.721. The Kier molecular flexibility index (Phi) is 6.73. The molecule has 1 amide bonds. The zero-order chi connectivity index (χ0) is 20.2. The Morgan fingerprint density at radius 2 is 1.63 bits per heavy atom. The minimum absolute atomic E-state index is 0.0267. The topological polar surface area (TPSA) is 67.4 Å². The van der Waals surface area contributed by atoms with E-state index in [1.54, 1.807) is 36.4 Å². The molecule has 0 saturated carbocycles. The summed E-state index contributed by atoms with van der Waals surface area (Å²) >= 11 is 8.72. The highest BCUT2D eigenvalue weighted by atomic mass is 79.9. The third-order valence-corrected chi connectivity index (χ3v) is 4.69. The van der Waals surface area contributed by atoms with Crippen LogP contribution in [-0.4, -0.2) is 24.1 Å². The molecule has 27 heavy (non-hydrogen) atoms. The summed E-state index contributed by atoms with van der Waals surface area (Å²) in [4.78, 5) is 23.9. The van der Waals surface area contributed by atoms with Crippen LogP contribution in [0.1, 0.15) is 47.1 Å². The molecule has 0 saturated heterocycles. The maximum Gasteiger partial charge on any atom is 0.337 e. The number of benzene rings is 2. The van der Waals surface area contributed by atoms with Crippen molar-refractivity contribution < 1.29 is 14.3 Å². The number of rotatable bonds is 3. The lowest BCUT2D eigenvalue weighted by molar-refractivity contribution is 0.0600. The number of hydrogen-bond donors (Lipinski definition) is 2. The second-order valence-electron chi connectivity index (χ2n) is 6.92. The summed E-state index contributed by atoms with van der Waals surface area (Å²) < 4.78 is 5.53. The van der Waals surface area contributed by atoms with Gasteiger partial charge in [-0.25, -0.2) is 4.79 Å². The van der Waals surface area contributed by atoms with Crippen LogP contribution in [0.15, 0.2) is 46.9 Å². The van der Waals surface area contributed by atoms with E-state index in [-0.39, 0.29) is 16.4 Å². The van der Waals surface area contributed by atoms with Crippen LogP contribution in [0.2, 0.25) is 0 Å². The van der Waals surface area contributed by atoms with Gasteiger partial charge in [-0.2, -0.15) is 0 Å². The fraction of sp³-hybridized carbons (Fsp3) is 0.250. The van der Waals surface area contributed by atoms with Crippen LogP contribution in [0.25, 0.3) is 0 Å². The van der Waals surface area contributed by atoms with Crippen molar-refractivity contribution >= 4 is 50.8 Å². The van der Waals surface area contributed by atoms with E-state index in [1.807, 2.05) is 6.07 Å². The Labute approximate surface area is 172 Å². The molecule has 0 heterocycles. The molecule has 0 unspecified atom stereocenters. The lowest BCUT2D eigenvalue weighted by atomic mass is 9.86. The van der Waals surface area contributed by atoms with E-state index in [2.05, 4.69) is 52.1 Å². The molecule has 0 fully saturated rings. The molecule has 0 atom stereocenters. The number of halogens is 1. The van der Waals surface area contributed by atoms with Gasteiger partial charge in [-0.05, 0) is 59.6 Å². The van der Waals surface area contributed by atoms with Crippen LogP contribution in [0.5, 0.6) is 0 Å². The summed E-state index contributed by atoms with van der Waals surface area (Å²) in [5, 5.41) is 5.73. The van der Waals surface area contributed by atoms with E-state index >= 15 is 0 Å². The Morgan fingerprint density at radius 3 is 2.15 bits per heavy atom. The van der Waals surface area contributed by atoms with Gasteiger partial charge in [-0.15, -0.1) is 0 Å². The van der Waals surface area contributed by atoms with Gasteiger partial charge >= 0.3 is 5.97 Å². The maximum atomic E-state index is 12.4. The van der Waals surface area contributed by atoms with Crippen LogP contribution >= 0.6 is 28.1 Å². The average Bonchev–Trinajstić information content (AvgIpc) is 2.60. The number of esters is 1. The fourth-order valence-corrected chi connectivity index (χ4v) is 3.59. The Hall–Kier alpha value is -2.25. The van der Waals surface area contributed by atoms with Crippen LogP contribution in [-0.2, 0) is 10.2 Å². The van der Waals surface area contributed by atoms with Crippen LogP contribution < -0.4 is 10.6 Å². The molecule has 0 bridgehead atoms. The van der Waals surface area contributed by atoms with E-state index in [4.69, 9.17) is 12.2 Å². The molecule has 2 aromatic carbocycles. The molecule has 2 rings (SSSR count). The van der Waals surface area contributed by atoms with E-state index in [0.29, 0.717) is 16.8 Å². The number of amides is 1. The van der Waals surface area contributed by atoms with Gasteiger partial charge < -0.3 is 10.1 Å². The zero-order valence-electron chi connectivity index (χ0n) is 15.6. The lowest BCUT2D eigenvalue weighted by Gasteiger charge is -2.21. The lowest BCUT2D eigenvalue weighted by Crippen LogP contribution is -2.34. The Morgan fingerprint density at radius 1 is 1.04 bits per heavy atom. The highest BCUT2D eigenvalue weighted by Crippen LogP contribution is 2.30. The maximum absolute atomic E-state index is 12.4. The molecule has 0 aliphatic carbocycles. The van der Waals surface area contributed by atoms with Crippen molar-refractivity contribution in [3.63, 3.8) is 0 Å². The van der Waals surface area contributed by atoms with Gasteiger partial charge in [0.15, 0.2) is 5.11 Å². The number of methoxy groups -OCH3 is 1. The number of thiocarbonyl (C=S) groups is 1. The monoisotopic (exact) mass is 448 g/mol. The first-order valence-electron chi connectivity index (χ1n) is 8.22. The SMILES string of the molecule is COC(=O)c1ccc(NC(=S)NC(=O)c2ccc(C(C)(C)C)c(Br)c2)cc1. The molecule has 2 N–H and O–H groups in total. The normalized spacial score (nSPS) is 10.9. The van der Waals surface area contributed by atoms with Crippen LogP contribution in [0.3, 0.4) is 0 Å². The molecule has 7 heteroatoms. The first-order valence-corrected chi connectivity index (χ1v) is 9.42. The minimum Gasteiger partial charge on any atom is -0.465 e. The molecule has 0 aliphatic heterocycles. The minimum atomic E-state index is -0.415. The van der Waals surface area contributed by atoms with Crippen molar-refractivity contribution in [1.29, 1.82) is 0 Å². The summed E-state index contributed by atoms with van der Waals surface area (Å²) in [6.45, 7) is 6.33. The Balaban J connectivity index is 2.02. The number of nitrogens with one attached hydrogen (secondary N) is 2. The summed E-state index contributed by atoms with van der Waals surface area (Å²) in [6.07, 6.45) is 0. The van der Waals surface area contributed by atoms with Crippen molar-refractivity contribution in [3.8, 4) is 0 Å². The number of hydrogen-bond acceptors (Lipinski definition) is 4. The van der Waals surface area contributed by atoms with E-state index in [1.165, 1.54) is 7.11 Å². The summed E-state index contributed by atoms with van der Waals surface area (Å²) in [7, 11) is 1.32. The zero-order valence-corrected chi connectivity index (χ0v) is 18.0. The molecule has 142 valence electrons. The van der Waals surface area contributed by atoms with Crippen molar-refractivity contribution in [2.75, 3.05) is 12.4 Å². The number of carbonyl (C=O) groups is 2.